The number of hydrogen-bond donors (Lipinski definition) is 3. The van der Waals surface area contributed by atoms with Crippen molar-refractivity contribution in [1.29, 1.82) is 0 Å². The van der Waals surface area contributed by atoms with Crippen molar-refractivity contribution in [3.63, 3.8) is 0 Å². The number of rotatable bonds is 9. The molecule has 4 N–H and O–H groups in total. The van der Waals surface area contributed by atoms with E-state index >= 15 is 0 Å². The molecule has 0 spiro atoms. The summed E-state index contributed by atoms with van der Waals surface area (Å²) in [6.07, 6.45) is 19.7. The summed E-state index contributed by atoms with van der Waals surface area (Å²) >= 11 is 0. The maximum atomic E-state index is 12.4. The highest BCUT2D eigenvalue weighted by Gasteiger charge is 2.40. The van der Waals surface area contributed by atoms with Crippen LogP contribution in [0.25, 0.3) is 0 Å². The second-order valence-corrected chi connectivity index (χ2v) is 7.95. The molecule has 6 heteroatoms. The summed E-state index contributed by atoms with van der Waals surface area (Å²) in [5.74, 6) is -0.104. The van der Waals surface area contributed by atoms with E-state index in [9.17, 15) is 4.79 Å². The van der Waals surface area contributed by atoms with E-state index in [0.29, 0.717) is 13.0 Å². The Bertz CT molecular complexity index is 891. The number of carbonyl (C=O) groups is 1. The number of piperidine rings is 1. The number of carbonyl (C=O) groups excluding carboxylic acids is 1. The molecule has 3 aliphatic rings. The fourth-order valence-corrected chi connectivity index (χ4v) is 4.38. The van der Waals surface area contributed by atoms with E-state index in [4.69, 9.17) is 5.73 Å². The minimum absolute atomic E-state index is 0.00738. The monoisotopic (exact) mass is 509 g/mol. The van der Waals surface area contributed by atoms with Gasteiger partial charge < -0.3 is 16.0 Å². The highest BCUT2D eigenvalue weighted by atomic mass is 16.2. The topological polar surface area (TPSA) is 82.8 Å². The van der Waals surface area contributed by atoms with Crippen LogP contribution in [0.1, 0.15) is 67.7 Å². The summed E-state index contributed by atoms with van der Waals surface area (Å²) in [6, 6.07) is -0.0380. The number of amides is 1. The lowest BCUT2D eigenvalue weighted by Gasteiger charge is -2.42. The minimum atomic E-state index is -0.0995. The smallest absolute Gasteiger partial charge is 0.244 e. The van der Waals surface area contributed by atoms with Crippen LogP contribution in [0.3, 0.4) is 0 Å². The maximum absolute atomic E-state index is 12.4. The van der Waals surface area contributed by atoms with Gasteiger partial charge in [0.2, 0.25) is 5.91 Å². The number of hydrazone groups is 1. The highest BCUT2D eigenvalue weighted by molar-refractivity contribution is 5.97. The van der Waals surface area contributed by atoms with Crippen molar-refractivity contribution >= 4 is 11.6 Å². The van der Waals surface area contributed by atoms with Crippen LogP contribution < -0.4 is 16.5 Å². The van der Waals surface area contributed by atoms with Gasteiger partial charge in [-0.2, -0.15) is 5.10 Å². The number of hydrogen-bond acceptors (Lipinski definition) is 5. The van der Waals surface area contributed by atoms with Crippen LogP contribution in [-0.2, 0) is 4.79 Å². The van der Waals surface area contributed by atoms with Crippen molar-refractivity contribution in [3.8, 4) is 0 Å². The van der Waals surface area contributed by atoms with Gasteiger partial charge >= 0.3 is 0 Å². The zero-order valence-electron chi connectivity index (χ0n) is 24.3. The van der Waals surface area contributed by atoms with Crippen LogP contribution in [0.2, 0.25) is 0 Å². The molecule has 37 heavy (non-hydrogen) atoms. The lowest BCUT2D eigenvalue weighted by Crippen LogP contribution is -2.54. The van der Waals surface area contributed by atoms with Gasteiger partial charge in [-0.15, -0.1) is 6.58 Å². The van der Waals surface area contributed by atoms with E-state index < -0.39 is 0 Å². The average Bonchev–Trinajstić information content (AvgIpc) is 3.13. The molecule has 0 saturated carbocycles. The molecule has 3 rings (SSSR count). The van der Waals surface area contributed by atoms with E-state index in [1.807, 2.05) is 72.0 Å². The van der Waals surface area contributed by atoms with Crippen molar-refractivity contribution in [2.24, 2.45) is 22.7 Å². The van der Waals surface area contributed by atoms with E-state index in [1.165, 1.54) is 0 Å². The third kappa shape index (κ3) is 9.95. The van der Waals surface area contributed by atoms with E-state index in [2.05, 4.69) is 59.1 Å². The molecule has 1 saturated heterocycles. The zero-order valence-corrected chi connectivity index (χ0v) is 24.3. The van der Waals surface area contributed by atoms with Gasteiger partial charge in [-0.25, -0.2) is 5.43 Å². The normalized spacial score (nSPS) is 23.0. The molecule has 3 unspecified atom stereocenters. The lowest BCUT2D eigenvalue weighted by molar-refractivity contribution is -0.120. The van der Waals surface area contributed by atoms with E-state index in [-0.39, 0.29) is 23.8 Å². The molecule has 2 bridgehead atoms. The molecule has 2 heterocycles. The van der Waals surface area contributed by atoms with Crippen molar-refractivity contribution in [1.82, 2.24) is 15.6 Å². The Labute approximate surface area is 226 Å². The molecule has 1 amide bonds. The van der Waals surface area contributed by atoms with Crippen LogP contribution in [0.15, 0.2) is 90.0 Å². The van der Waals surface area contributed by atoms with Gasteiger partial charge in [-0.3, -0.25) is 4.79 Å². The molecule has 1 fully saturated rings. The number of nitrogens with zero attached hydrogens (tertiary/aromatic N) is 2. The first-order valence-electron chi connectivity index (χ1n) is 13.9. The Kier molecular flexibility index (Phi) is 18.1. The molecule has 0 aromatic rings. The molecule has 0 aromatic heterocycles. The largest absolute Gasteiger partial charge is 0.403 e. The predicted molar refractivity (Wildman–Crippen MR) is 162 cm³/mol. The average molecular weight is 510 g/mol. The molecule has 0 aromatic carbocycles. The molecule has 0 radical (unpaired) electrons. The second-order valence-electron chi connectivity index (χ2n) is 7.95. The van der Waals surface area contributed by atoms with Gasteiger partial charge in [0.25, 0.3) is 0 Å². The molecular formula is C31H51N5O. The summed E-state index contributed by atoms with van der Waals surface area (Å²) in [7, 11) is 0. The van der Waals surface area contributed by atoms with Crippen LogP contribution in [0, 0.1) is 11.8 Å². The number of nitrogens with one attached hydrogen (secondary N) is 2. The molecule has 1 aliphatic carbocycles. The third-order valence-corrected chi connectivity index (χ3v) is 5.75. The van der Waals surface area contributed by atoms with Gasteiger partial charge in [0, 0.05) is 37.1 Å². The molecule has 6 nitrogen and oxygen atoms in total. The second kappa shape index (κ2) is 19.9. The molecular weight excluding hydrogens is 458 g/mol. The maximum Gasteiger partial charge on any atom is 0.244 e. The van der Waals surface area contributed by atoms with Gasteiger partial charge in [0.15, 0.2) is 0 Å². The SMILES string of the molecule is C=CC/C=C(\C=C)C1NC2=CC=CC3=CC2/C(=N\NC(=O)C3)C1CN(/C=C\N)CCC.CC.CC.CC. The van der Waals surface area contributed by atoms with Crippen molar-refractivity contribution in [3.05, 3.63) is 84.9 Å². The van der Waals surface area contributed by atoms with Crippen molar-refractivity contribution in [2.75, 3.05) is 13.1 Å². The summed E-state index contributed by atoms with van der Waals surface area (Å²) in [4.78, 5) is 14.6. The summed E-state index contributed by atoms with van der Waals surface area (Å²) < 4.78 is 0. The van der Waals surface area contributed by atoms with Crippen molar-refractivity contribution < 1.29 is 4.79 Å². The minimum Gasteiger partial charge on any atom is -0.403 e. The van der Waals surface area contributed by atoms with E-state index in [1.54, 1.807) is 6.20 Å². The zero-order chi connectivity index (χ0) is 28.2. The summed E-state index contributed by atoms with van der Waals surface area (Å²) in [6.45, 7) is 23.6. The highest BCUT2D eigenvalue weighted by Crippen LogP contribution is 2.34. The lowest BCUT2D eigenvalue weighted by atomic mass is 9.76. The Hall–Kier alpha value is -3.28. The number of nitrogens with two attached hydrogens (primary N) is 1. The standard InChI is InChI=1S/C25H33N5O.3C2H6/c1-4-7-10-19(6-3)24-21(17-30(13-5-2)14-12-26)25-20-15-18(16-23(31)28-29-25)9-8-11-22(20)27-24;3*1-2/h4,6,8-12,14-15,20-21,24,27H,1,3,5,7,13,16-17,26H2,2H3,(H,28,31);3*1-2H3/b14-12-,19-10+,29-25+;;;. The van der Waals surface area contributed by atoms with Gasteiger partial charge in [-0.05, 0) is 30.1 Å². The number of allylic oxidation sites excluding steroid dienone is 6. The first kappa shape index (κ1) is 33.7. The molecule has 2 aliphatic heterocycles. The van der Waals surface area contributed by atoms with E-state index in [0.717, 1.165) is 41.9 Å². The van der Waals surface area contributed by atoms with Crippen LogP contribution >= 0.6 is 0 Å². The fraction of sp³-hybridized carbons (Fsp3) is 0.484. The summed E-state index contributed by atoms with van der Waals surface area (Å²) in [5.41, 5.74) is 12.6. The fourth-order valence-electron chi connectivity index (χ4n) is 4.38. The first-order valence-corrected chi connectivity index (χ1v) is 13.9. The quantitative estimate of drug-likeness (QED) is 0.250. The summed E-state index contributed by atoms with van der Waals surface area (Å²) in [5, 5.41) is 8.40. The molecule has 3 atom stereocenters. The Morgan fingerprint density at radius 3 is 2.51 bits per heavy atom. The van der Waals surface area contributed by atoms with Crippen molar-refractivity contribution in [2.45, 2.75) is 73.8 Å². The third-order valence-electron chi connectivity index (χ3n) is 5.75. The molecule has 206 valence electrons. The Morgan fingerprint density at radius 1 is 1.22 bits per heavy atom. The Balaban J connectivity index is 0.00000201. The van der Waals surface area contributed by atoms with Gasteiger partial charge in [0.1, 0.15) is 0 Å². The van der Waals surface area contributed by atoms with Crippen LogP contribution in [0.4, 0.5) is 0 Å². The van der Waals surface area contributed by atoms with Gasteiger partial charge in [-0.1, -0.05) is 91.5 Å². The van der Waals surface area contributed by atoms with Gasteiger partial charge in [0.05, 0.1) is 24.1 Å². The van der Waals surface area contributed by atoms with Crippen LogP contribution in [0.5, 0.6) is 0 Å². The van der Waals surface area contributed by atoms with Crippen LogP contribution in [-0.4, -0.2) is 35.7 Å². The first-order chi connectivity index (χ1) is 18.1. The predicted octanol–water partition coefficient (Wildman–Crippen LogP) is 6.36. The Morgan fingerprint density at radius 2 is 1.92 bits per heavy atom.